The zero-order valence-electron chi connectivity index (χ0n) is 10.8. The third-order valence-electron chi connectivity index (χ3n) is 2.60. The zero-order chi connectivity index (χ0) is 13.9. The van der Waals surface area contributed by atoms with E-state index >= 15 is 0 Å². The number of benzene rings is 1. The first-order valence-electron chi connectivity index (χ1n) is 5.77. The highest BCUT2D eigenvalue weighted by atomic mass is 32.2. The van der Waals surface area contributed by atoms with Crippen LogP contribution in [0.2, 0.25) is 0 Å². The number of hydrogen-bond acceptors (Lipinski definition) is 4. The topological polar surface area (TPSA) is 71.3 Å². The van der Waals surface area contributed by atoms with E-state index in [-0.39, 0.29) is 0 Å². The molecule has 0 radical (unpaired) electrons. The average Bonchev–Trinajstić information content (AvgIpc) is 2.81. The molecule has 0 aliphatic carbocycles. The Bertz CT molecular complexity index is 649. The van der Waals surface area contributed by atoms with E-state index in [0.29, 0.717) is 12.2 Å². The summed E-state index contributed by atoms with van der Waals surface area (Å²) in [4.78, 5) is 0. The summed E-state index contributed by atoms with van der Waals surface area (Å²) in [5, 5.41) is 3.24. The van der Waals surface area contributed by atoms with E-state index in [9.17, 15) is 8.42 Å². The van der Waals surface area contributed by atoms with Crippen molar-refractivity contribution in [1.29, 1.82) is 0 Å². The molecule has 5 nitrogen and oxygen atoms in total. The van der Waals surface area contributed by atoms with E-state index in [2.05, 4.69) is 10.0 Å². The lowest BCUT2D eigenvalue weighted by molar-refractivity contribution is 0.564. The van der Waals surface area contributed by atoms with Crippen LogP contribution in [0.1, 0.15) is 11.1 Å². The van der Waals surface area contributed by atoms with Gasteiger partial charge in [-0.15, -0.1) is 0 Å². The molecule has 0 saturated carbocycles. The van der Waals surface area contributed by atoms with Crippen LogP contribution < -0.4 is 10.0 Å². The van der Waals surface area contributed by atoms with Crippen molar-refractivity contribution in [2.45, 2.75) is 13.5 Å². The monoisotopic (exact) mass is 280 g/mol. The Labute approximate surface area is 112 Å². The van der Waals surface area contributed by atoms with Gasteiger partial charge in [-0.05, 0) is 36.8 Å². The minimum Gasteiger partial charge on any atom is -0.472 e. The molecule has 0 atom stereocenters. The molecule has 6 heteroatoms. The molecule has 1 aromatic heterocycles. The van der Waals surface area contributed by atoms with Gasteiger partial charge in [0, 0.05) is 17.8 Å². The number of rotatable bonds is 5. The van der Waals surface area contributed by atoms with Crippen molar-refractivity contribution in [3.8, 4) is 0 Å². The van der Waals surface area contributed by atoms with Crippen molar-refractivity contribution in [1.82, 2.24) is 0 Å². The highest BCUT2D eigenvalue weighted by Gasteiger charge is 2.05. The lowest BCUT2D eigenvalue weighted by atomic mass is 10.2. The Morgan fingerprint density at radius 2 is 2.05 bits per heavy atom. The highest BCUT2D eigenvalue weighted by molar-refractivity contribution is 7.92. The summed E-state index contributed by atoms with van der Waals surface area (Å²) >= 11 is 0. The Morgan fingerprint density at radius 3 is 2.63 bits per heavy atom. The van der Waals surface area contributed by atoms with Crippen LogP contribution in [0.4, 0.5) is 11.4 Å². The Hall–Kier alpha value is -1.95. The molecule has 0 bridgehead atoms. The predicted molar refractivity (Wildman–Crippen MR) is 75.7 cm³/mol. The van der Waals surface area contributed by atoms with Gasteiger partial charge in [-0.2, -0.15) is 0 Å². The zero-order valence-corrected chi connectivity index (χ0v) is 11.6. The van der Waals surface area contributed by atoms with Gasteiger partial charge in [0.15, 0.2) is 0 Å². The van der Waals surface area contributed by atoms with Crippen LogP contribution in [0.15, 0.2) is 41.2 Å². The fraction of sp³-hybridized carbons (Fsp3) is 0.231. The van der Waals surface area contributed by atoms with Gasteiger partial charge in [0.05, 0.1) is 24.5 Å². The molecule has 2 N–H and O–H groups in total. The molecular weight excluding hydrogens is 264 g/mol. The van der Waals surface area contributed by atoms with Gasteiger partial charge in [-0.25, -0.2) is 8.42 Å². The van der Waals surface area contributed by atoms with Crippen LogP contribution in [-0.2, 0) is 16.6 Å². The van der Waals surface area contributed by atoms with E-state index < -0.39 is 10.0 Å². The number of anilines is 2. The summed E-state index contributed by atoms with van der Waals surface area (Å²) in [6, 6.07) is 7.36. The molecule has 1 aromatic carbocycles. The standard InChI is InChI=1S/C13H16N2O3S/c1-10-7-12(14-8-11-5-6-18-9-11)3-4-13(10)15-19(2,16)17/h3-7,9,14-15H,8H2,1-2H3. The summed E-state index contributed by atoms with van der Waals surface area (Å²) in [6.07, 6.45) is 4.44. The molecule has 2 rings (SSSR count). The predicted octanol–water partition coefficient (Wildman–Crippen LogP) is 2.57. The third-order valence-corrected chi connectivity index (χ3v) is 3.19. The fourth-order valence-corrected chi connectivity index (χ4v) is 2.31. The first-order chi connectivity index (χ1) is 8.94. The van der Waals surface area contributed by atoms with Crippen LogP contribution in [0, 0.1) is 6.92 Å². The number of hydrogen-bond donors (Lipinski definition) is 2. The van der Waals surface area contributed by atoms with Gasteiger partial charge >= 0.3 is 0 Å². The quantitative estimate of drug-likeness (QED) is 0.883. The van der Waals surface area contributed by atoms with Crippen molar-refractivity contribution in [3.05, 3.63) is 47.9 Å². The van der Waals surface area contributed by atoms with Gasteiger partial charge in [0.25, 0.3) is 0 Å². The largest absolute Gasteiger partial charge is 0.472 e. The smallest absolute Gasteiger partial charge is 0.229 e. The van der Waals surface area contributed by atoms with Crippen molar-refractivity contribution in [2.75, 3.05) is 16.3 Å². The minimum absolute atomic E-state index is 0.594. The molecule has 0 spiro atoms. The van der Waals surface area contributed by atoms with Gasteiger partial charge in [0.1, 0.15) is 0 Å². The molecule has 0 saturated heterocycles. The Balaban J connectivity index is 2.06. The Morgan fingerprint density at radius 1 is 1.26 bits per heavy atom. The third kappa shape index (κ3) is 4.03. The lowest BCUT2D eigenvalue weighted by Gasteiger charge is -2.10. The van der Waals surface area contributed by atoms with Crippen LogP contribution in [-0.4, -0.2) is 14.7 Å². The molecule has 0 aliphatic rings. The summed E-state index contributed by atoms with van der Waals surface area (Å²) in [5.74, 6) is 0. The van der Waals surface area contributed by atoms with Crippen molar-refractivity contribution >= 4 is 21.4 Å². The van der Waals surface area contributed by atoms with Crippen LogP contribution in [0.25, 0.3) is 0 Å². The number of sulfonamides is 1. The maximum Gasteiger partial charge on any atom is 0.229 e. The first kappa shape index (κ1) is 13.5. The maximum absolute atomic E-state index is 11.2. The van der Waals surface area contributed by atoms with Gasteiger partial charge in [0.2, 0.25) is 10.0 Å². The second-order valence-corrected chi connectivity index (χ2v) is 6.14. The average molecular weight is 280 g/mol. The summed E-state index contributed by atoms with van der Waals surface area (Å²) < 4.78 is 29.8. The summed E-state index contributed by atoms with van der Waals surface area (Å²) in [7, 11) is -3.24. The van der Waals surface area contributed by atoms with Crippen molar-refractivity contribution in [2.24, 2.45) is 0 Å². The van der Waals surface area contributed by atoms with E-state index in [0.717, 1.165) is 23.1 Å². The van der Waals surface area contributed by atoms with Gasteiger partial charge in [-0.3, -0.25) is 4.72 Å². The molecule has 0 unspecified atom stereocenters. The van der Waals surface area contributed by atoms with E-state index in [1.807, 2.05) is 25.1 Å². The summed E-state index contributed by atoms with van der Waals surface area (Å²) in [5.41, 5.74) is 3.44. The SMILES string of the molecule is Cc1cc(NCc2ccoc2)ccc1NS(C)(=O)=O. The molecule has 102 valence electrons. The number of nitrogens with one attached hydrogen (secondary N) is 2. The Kier molecular flexibility index (Phi) is 3.80. The highest BCUT2D eigenvalue weighted by Crippen LogP contribution is 2.21. The number of aryl methyl sites for hydroxylation is 1. The second-order valence-electron chi connectivity index (χ2n) is 4.39. The molecule has 19 heavy (non-hydrogen) atoms. The molecular formula is C13H16N2O3S. The first-order valence-corrected chi connectivity index (χ1v) is 7.66. The normalized spacial score (nSPS) is 11.3. The fourth-order valence-electron chi connectivity index (χ4n) is 1.69. The molecule has 2 aromatic rings. The molecule has 0 amide bonds. The molecule has 1 heterocycles. The van der Waals surface area contributed by atoms with Crippen LogP contribution >= 0.6 is 0 Å². The molecule has 0 fully saturated rings. The lowest BCUT2D eigenvalue weighted by Crippen LogP contribution is -2.10. The van der Waals surface area contributed by atoms with E-state index in [1.165, 1.54) is 0 Å². The van der Waals surface area contributed by atoms with E-state index in [4.69, 9.17) is 4.42 Å². The molecule has 0 aliphatic heterocycles. The van der Waals surface area contributed by atoms with E-state index in [1.54, 1.807) is 18.6 Å². The van der Waals surface area contributed by atoms with Crippen molar-refractivity contribution < 1.29 is 12.8 Å². The van der Waals surface area contributed by atoms with Gasteiger partial charge in [-0.1, -0.05) is 0 Å². The van der Waals surface area contributed by atoms with Gasteiger partial charge < -0.3 is 9.73 Å². The van der Waals surface area contributed by atoms with Crippen LogP contribution in [0.3, 0.4) is 0 Å². The second kappa shape index (κ2) is 5.36. The number of furan rings is 1. The minimum atomic E-state index is -3.24. The summed E-state index contributed by atoms with van der Waals surface area (Å²) in [6.45, 7) is 2.52. The van der Waals surface area contributed by atoms with Crippen molar-refractivity contribution in [3.63, 3.8) is 0 Å². The maximum atomic E-state index is 11.2. The van der Waals surface area contributed by atoms with Crippen LogP contribution in [0.5, 0.6) is 0 Å².